The van der Waals surface area contributed by atoms with Crippen LogP contribution in [-0.2, 0) is 25.2 Å². The topological polar surface area (TPSA) is 52.6 Å². The number of hydrogen-bond acceptors (Lipinski definition) is 4. The maximum Gasteiger partial charge on any atom is 0.314 e. The third-order valence-corrected chi connectivity index (χ3v) is 11.5. The van der Waals surface area contributed by atoms with Crippen molar-refractivity contribution in [3.8, 4) is 5.75 Å². The summed E-state index contributed by atoms with van der Waals surface area (Å²) in [6, 6.07) is 9.07. The predicted octanol–water partition coefficient (Wildman–Crippen LogP) is 11.2. The number of esters is 2. The highest BCUT2D eigenvalue weighted by atomic mass is 16.6. The average molecular weight is 621 g/mol. The highest BCUT2D eigenvalue weighted by Gasteiger charge is 2.42. The molecule has 0 saturated heterocycles. The smallest absolute Gasteiger partial charge is 0.314 e. The van der Waals surface area contributed by atoms with Crippen molar-refractivity contribution in [3.63, 3.8) is 0 Å². The van der Waals surface area contributed by atoms with Crippen LogP contribution in [0.1, 0.15) is 160 Å². The van der Waals surface area contributed by atoms with E-state index in [1.54, 1.807) is 0 Å². The van der Waals surface area contributed by atoms with Gasteiger partial charge in [-0.1, -0.05) is 93.5 Å². The fourth-order valence-electron chi connectivity index (χ4n) is 7.03. The van der Waals surface area contributed by atoms with Gasteiger partial charge in [-0.15, -0.1) is 0 Å². The van der Waals surface area contributed by atoms with Crippen molar-refractivity contribution in [1.29, 1.82) is 0 Å². The lowest BCUT2D eigenvalue weighted by Crippen LogP contribution is -2.41. The van der Waals surface area contributed by atoms with Gasteiger partial charge in [-0.2, -0.15) is 0 Å². The number of carbonyl (C=O) groups excluding carboxylic acids is 2. The molecule has 2 rings (SSSR count). The van der Waals surface area contributed by atoms with Crippen LogP contribution in [-0.4, -0.2) is 17.5 Å². The Morgan fingerprint density at radius 2 is 1.09 bits per heavy atom. The molecule has 0 bridgehead atoms. The van der Waals surface area contributed by atoms with Gasteiger partial charge in [0.2, 0.25) is 0 Å². The standard InChI is InChI=1S/C41H64O4/c1-16-39(14,17-2)34-27(7)22-32(23-28(34)8)38(12,13)33-24-29(9)35(30(10)25-33)44-36(42)31(11)26-41(20-5,21-6)37(43)45-40(15,18-3)19-4/h22-25,31H,16-21,26H2,1-15H3. The van der Waals surface area contributed by atoms with Crippen LogP contribution in [0.15, 0.2) is 24.3 Å². The minimum atomic E-state index is -0.723. The van der Waals surface area contributed by atoms with Crippen molar-refractivity contribution in [2.75, 3.05) is 0 Å². The molecular formula is C41H64O4. The first kappa shape index (κ1) is 38.6. The molecule has 0 amide bonds. The Morgan fingerprint density at radius 1 is 0.667 bits per heavy atom. The minimum Gasteiger partial charge on any atom is -0.459 e. The van der Waals surface area contributed by atoms with Crippen LogP contribution in [0, 0.1) is 39.0 Å². The normalized spacial score (nSPS) is 13.5. The molecule has 0 radical (unpaired) electrons. The Hall–Kier alpha value is -2.62. The quantitative estimate of drug-likeness (QED) is 0.147. The molecule has 2 aromatic rings. The van der Waals surface area contributed by atoms with Crippen molar-refractivity contribution in [3.05, 3.63) is 63.2 Å². The Morgan fingerprint density at radius 3 is 1.47 bits per heavy atom. The molecule has 0 N–H and O–H groups in total. The van der Waals surface area contributed by atoms with Crippen LogP contribution in [0.2, 0.25) is 0 Å². The van der Waals surface area contributed by atoms with Gasteiger partial charge in [-0.25, -0.2) is 0 Å². The number of rotatable bonds is 15. The first-order valence-corrected chi connectivity index (χ1v) is 17.5. The van der Waals surface area contributed by atoms with Gasteiger partial charge in [-0.05, 0) is 124 Å². The molecule has 1 atom stereocenters. The van der Waals surface area contributed by atoms with Gasteiger partial charge < -0.3 is 9.47 Å². The van der Waals surface area contributed by atoms with E-state index in [1.807, 2.05) is 55.4 Å². The molecule has 0 saturated carbocycles. The summed E-state index contributed by atoms with van der Waals surface area (Å²) in [6.45, 7) is 32.0. The fourth-order valence-corrected chi connectivity index (χ4v) is 7.03. The number of benzene rings is 2. The van der Waals surface area contributed by atoms with E-state index in [-0.39, 0.29) is 22.8 Å². The van der Waals surface area contributed by atoms with Crippen LogP contribution in [0.3, 0.4) is 0 Å². The summed E-state index contributed by atoms with van der Waals surface area (Å²) in [7, 11) is 0. The number of aryl methyl sites for hydroxylation is 4. The van der Waals surface area contributed by atoms with Gasteiger partial charge >= 0.3 is 11.9 Å². The number of hydrogen-bond donors (Lipinski definition) is 0. The monoisotopic (exact) mass is 620 g/mol. The minimum absolute atomic E-state index is 0.173. The molecule has 2 aromatic carbocycles. The molecule has 0 aromatic heterocycles. The summed E-state index contributed by atoms with van der Waals surface area (Å²) in [5.74, 6) is -0.354. The molecule has 0 aliphatic rings. The zero-order valence-corrected chi connectivity index (χ0v) is 31.5. The van der Waals surface area contributed by atoms with E-state index < -0.39 is 16.9 Å². The summed E-state index contributed by atoms with van der Waals surface area (Å²) in [4.78, 5) is 27.0. The van der Waals surface area contributed by atoms with E-state index in [4.69, 9.17) is 9.47 Å². The lowest BCUT2D eigenvalue weighted by molar-refractivity contribution is -0.174. The second-order valence-electron chi connectivity index (χ2n) is 14.9. The Balaban J connectivity index is 2.37. The van der Waals surface area contributed by atoms with Crippen molar-refractivity contribution < 1.29 is 19.1 Å². The second kappa shape index (κ2) is 14.9. The van der Waals surface area contributed by atoms with Gasteiger partial charge in [0.25, 0.3) is 0 Å². The SMILES string of the molecule is CCC(C)(CC)OC(=O)C(CC)(CC)CC(C)C(=O)Oc1c(C)cc(C(C)(C)c2cc(C)c(C(C)(CC)CC)c(C)c2)cc1C. The zero-order chi connectivity index (χ0) is 34.5. The maximum absolute atomic E-state index is 13.5. The van der Waals surface area contributed by atoms with E-state index in [2.05, 4.69) is 72.7 Å². The van der Waals surface area contributed by atoms with Crippen LogP contribution < -0.4 is 4.74 Å². The van der Waals surface area contributed by atoms with Crippen LogP contribution >= 0.6 is 0 Å². The van der Waals surface area contributed by atoms with Crippen molar-refractivity contribution >= 4 is 11.9 Å². The van der Waals surface area contributed by atoms with Crippen molar-refractivity contribution in [1.82, 2.24) is 0 Å². The van der Waals surface area contributed by atoms with E-state index in [0.29, 0.717) is 25.0 Å². The summed E-state index contributed by atoms with van der Waals surface area (Å²) < 4.78 is 12.2. The molecule has 1 unspecified atom stereocenters. The van der Waals surface area contributed by atoms with Crippen LogP contribution in [0.4, 0.5) is 0 Å². The van der Waals surface area contributed by atoms with Crippen LogP contribution in [0.25, 0.3) is 0 Å². The van der Waals surface area contributed by atoms with Gasteiger partial charge in [0.05, 0.1) is 11.3 Å². The van der Waals surface area contributed by atoms with E-state index >= 15 is 0 Å². The van der Waals surface area contributed by atoms with Gasteiger partial charge in [0.1, 0.15) is 11.4 Å². The summed E-state index contributed by atoms with van der Waals surface area (Å²) in [5, 5.41) is 0. The van der Waals surface area contributed by atoms with E-state index in [0.717, 1.165) is 36.8 Å². The average Bonchev–Trinajstić information content (AvgIpc) is 3.00. The van der Waals surface area contributed by atoms with Gasteiger partial charge in [-0.3, -0.25) is 9.59 Å². The van der Waals surface area contributed by atoms with Crippen molar-refractivity contribution in [2.45, 2.75) is 165 Å². The summed E-state index contributed by atoms with van der Waals surface area (Å²) >= 11 is 0. The lowest BCUT2D eigenvalue weighted by Gasteiger charge is -2.36. The third-order valence-electron chi connectivity index (χ3n) is 11.5. The number of carbonyl (C=O) groups is 2. The first-order valence-electron chi connectivity index (χ1n) is 17.5. The molecule has 0 aliphatic carbocycles. The van der Waals surface area contributed by atoms with Gasteiger partial charge in [0.15, 0.2) is 0 Å². The molecule has 0 spiro atoms. The summed E-state index contributed by atoms with van der Waals surface area (Å²) in [5.41, 5.74) is 7.26. The molecule has 0 fully saturated rings. The zero-order valence-electron chi connectivity index (χ0n) is 31.5. The molecule has 0 heterocycles. The second-order valence-corrected chi connectivity index (χ2v) is 14.9. The third kappa shape index (κ3) is 8.03. The Labute approximate surface area is 276 Å². The predicted molar refractivity (Wildman–Crippen MR) is 189 cm³/mol. The highest BCUT2D eigenvalue weighted by molar-refractivity contribution is 5.80. The van der Waals surface area contributed by atoms with Crippen molar-refractivity contribution in [2.24, 2.45) is 11.3 Å². The van der Waals surface area contributed by atoms with Crippen LogP contribution in [0.5, 0.6) is 5.75 Å². The molecular weight excluding hydrogens is 556 g/mol. The number of ether oxygens (including phenoxy) is 2. The fraction of sp³-hybridized carbons (Fsp3) is 0.659. The maximum atomic E-state index is 13.5. The highest BCUT2D eigenvalue weighted by Crippen LogP contribution is 2.42. The van der Waals surface area contributed by atoms with Gasteiger partial charge in [0, 0.05) is 5.41 Å². The largest absolute Gasteiger partial charge is 0.459 e. The molecule has 252 valence electrons. The summed E-state index contributed by atoms with van der Waals surface area (Å²) in [6.07, 6.45) is 5.36. The van der Waals surface area contributed by atoms with E-state index in [1.165, 1.54) is 27.8 Å². The lowest BCUT2D eigenvalue weighted by atomic mass is 9.70. The molecule has 0 aliphatic heterocycles. The molecule has 4 heteroatoms. The molecule has 4 nitrogen and oxygen atoms in total. The Kier molecular flexibility index (Phi) is 12.7. The molecule has 45 heavy (non-hydrogen) atoms. The first-order chi connectivity index (χ1) is 20.8. The Bertz CT molecular complexity index is 1290. The van der Waals surface area contributed by atoms with E-state index in [9.17, 15) is 9.59 Å².